The summed E-state index contributed by atoms with van der Waals surface area (Å²) in [5.41, 5.74) is 34.4. The first-order valence-electron chi connectivity index (χ1n) is 27.2. The van der Waals surface area contributed by atoms with Crippen molar-refractivity contribution in [1.82, 2.24) is 8.96 Å². The van der Waals surface area contributed by atoms with Crippen LogP contribution in [-0.4, -0.2) is 22.7 Å². The normalized spacial score (nSPS) is 13.4. The van der Waals surface area contributed by atoms with Crippen LogP contribution in [0.4, 0.5) is 34.1 Å². The Kier molecular flexibility index (Phi) is 8.62. The highest BCUT2D eigenvalue weighted by Gasteiger charge is 2.48. The molecule has 0 bridgehead atoms. The summed E-state index contributed by atoms with van der Waals surface area (Å²) < 4.78 is 5.57. The molecule has 0 amide bonds. The number of nitrogens with zero attached hydrogens (tertiary/aromatic N) is 4. The lowest BCUT2D eigenvalue weighted by Gasteiger charge is -2.41. The van der Waals surface area contributed by atoms with E-state index in [1.165, 1.54) is 161 Å². The molecule has 0 aliphatic carbocycles. The molecule has 6 heterocycles. The highest BCUT2D eigenvalue weighted by Crippen LogP contribution is 2.56. The maximum atomic E-state index is 2.78. The Morgan fingerprint density at radius 2 is 0.727 bits per heavy atom. The number of aromatic nitrogens is 2. The van der Waals surface area contributed by atoms with Gasteiger partial charge >= 0.3 is 13.7 Å². The van der Waals surface area contributed by atoms with Gasteiger partial charge in [-0.25, -0.2) is 0 Å². The summed E-state index contributed by atoms with van der Waals surface area (Å²) >= 11 is 0. The second-order valence-electron chi connectivity index (χ2n) is 22.2. The van der Waals surface area contributed by atoms with Crippen LogP contribution >= 0.6 is 0 Å². The summed E-state index contributed by atoms with van der Waals surface area (Å²) in [4.78, 5) is 5.04. The number of para-hydroxylation sites is 4. The summed E-state index contributed by atoms with van der Waals surface area (Å²) in [6.45, 7) is 11.1. The third-order valence-electron chi connectivity index (χ3n) is 17.9. The Morgan fingerprint density at radius 3 is 1.19 bits per heavy atom. The van der Waals surface area contributed by atoms with Gasteiger partial charge in [0.15, 0.2) is 0 Å². The number of aryl methyl sites for hydroxylation is 5. The first kappa shape index (κ1) is 43.0. The van der Waals surface area contributed by atoms with Crippen molar-refractivity contribution in [2.45, 2.75) is 34.6 Å². The van der Waals surface area contributed by atoms with Gasteiger partial charge in [-0.2, -0.15) is 0 Å². The van der Waals surface area contributed by atoms with Gasteiger partial charge in [0.25, 0.3) is 0 Å². The van der Waals surface area contributed by atoms with E-state index in [-0.39, 0.29) is 13.7 Å². The molecule has 13 aromatic rings. The Balaban J connectivity index is 1.12. The molecular weight excluding hydrogens is 930 g/mol. The van der Waals surface area contributed by atoms with Gasteiger partial charge in [0.2, 0.25) is 0 Å². The van der Waals surface area contributed by atoms with Crippen LogP contribution in [-0.2, 0) is 0 Å². The van der Waals surface area contributed by atoms with E-state index in [0.717, 1.165) is 11.4 Å². The van der Waals surface area contributed by atoms with Crippen molar-refractivity contribution >= 4 is 113 Å². The van der Waals surface area contributed by atoms with Crippen LogP contribution < -0.4 is 31.7 Å². The zero-order valence-electron chi connectivity index (χ0n) is 43.7. The molecule has 0 spiro atoms. The van der Waals surface area contributed by atoms with Crippen LogP contribution in [0.1, 0.15) is 27.8 Å². The molecule has 2 aromatic heterocycles. The minimum absolute atomic E-state index is 0.0937. The Labute approximate surface area is 448 Å². The second-order valence-corrected chi connectivity index (χ2v) is 22.2. The fourth-order valence-corrected chi connectivity index (χ4v) is 15.3. The van der Waals surface area contributed by atoms with E-state index in [1.54, 1.807) is 0 Å². The van der Waals surface area contributed by atoms with Crippen molar-refractivity contribution in [1.29, 1.82) is 0 Å². The molecule has 0 N–H and O–H groups in total. The van der Waals surface area contributed by atoms with E-state index in [2.05, 4.69) is 266 Å². The van der Waals surface area contributed by atoms with Crippen molar-refractivity contribution in [3.63, 3.8) is 0 Å². The van der Waals surface area contributed by atoms with Crippen molar-refractivity contribution < 1.29 is 0 Å². The molecule has 0 radical (unpaired) electrons. The van der Waals surface area contributed by atoms with Gasteiger partial charge in [-0.05, 0) is 185 Å². The molecule has 360 valence electrons. The fourth-order valence-electron chi connectivity index (χ4n) is 15.3. The molecule has 11 aromatic carbocycles. The molecular formula is C71H50B2N4. The summed E-state index contributed by atoms with van der Waals surface area (Å²) in [6, 6.07) is 80.9. The topological polar surface area (TPSA) is 16.3 Å². The average molecular weight is 981 g/mol. The Hall–Kier alpha value is -9.25. The predicted octanol–water partition coefficient (Wildman–Crippen LogP) is 15.6. The second kappa shape index (κ2) is 15.4. The number of anilines is 6. The van der Waals surface area contributed by atoms with E-state index in [4.69, 9.17) is 0 Å². The lowest BCUT2D eigenvalue weighted by Crippen LogP contribution is -2.57. The fraction of sp³-hybridized carbons (Fsp3) is 0.0704. The van der Waals surface area contributed by atoms with Crippen LogP contribution in [0.15, 0.2) is 212 Å². The average Bonchev–Trinajstić information content (AvgIpc) is 2.86. The number of hydrogen-bond acceptors (Lipinski definition) is 2. The van der Waals surface area contributed by atoms with E-state index in [0.29, 0.717) is 0 Å². The van der Waals surface area contributed by atoms with Gasteiger partial charge in [0.05, 0.1) is 0 Å². The van der Waals surface area contributed by atoms with Gasteiger partial charge in [-0.3, -0.25) is 0 Å². The number of fused-ring (bicyclic) bond motifs is 16. The van der Waals surface area contributed by atoms with Crippen LogP contribution in [0.5, 0.6) is 0 Å². The lowest BCUT2D eigenvalue weighted by atomic mass is 9.44. The molecule has 6 heteroatoms. The number of benzene rings is 11. The standard InChI is InChI=1S/C71H50B2N4/c1-41-37-44(4)63(45(5)38-41)47-34-36-57-53(40-47)67-65-51-26-18-32-61-69(51)72(54-27-12-14-29-58(54)74(61)48-21-8-6-9-22-48)76-56-35-33-46(62-42(2)19-16-20-43(62)3)39-52(56)66(70(65)76)64-50-25-17-31-60-68(50)73(77(57)71(64)67)55-28-13-15-30-59(55)75(60)49-23-10-7-11-24-49/h6-40H,1-5H3. The third-order valence-corrected chi connectivity index (χ3v) is 17.9. The molecule has 4 aliphatic rings. The van der Waals surface area contributed by atoms with E-state index in [1.807, 2.05) is 0 Å². The first-order chi connectivity index (χ1) is 37.8. The van der Waals surface area contributed by atoms with Gasteiger partial charge in [0.1, 0.15) is 0 Å². The summed E-state index contributed by atoms with van der Waals surface area (Å²) in [5.74, 6) is 0. The van der Waals surface area contributed by atoms with Crippen LogP contribution in [0.3, 0.4) is 0 Å². The van der Waals surface area contributed by atoms with E-state index in [9.17, 15) is 0 Å². The van der Waals surface area contributed by atoms with E-state index >= 15 is 0 Å². The predicted molar refractivity (Wildman–Crippen MR) is 328 cm³/mol. The highest BCUT2D eigenvalue weighted by atomic mass is 15.2. The third kappa shape index (κ3) is 5.54. The van der Waals surface area contributed by atoms with Gasteiger partial charge in [-0.15, -0.1) is 0 Å². The minimum Gasteiger partial charge on any atom is -0.375 e. The quantitative estimate of drug-likeness (QED) is 0.163. The van der Waals surface area contributed by atoms with Crippen molar-refractivity contribution in [3.8, 4) is 44.5 Å². The summed E-state index contributed by atoms with van der Waals surface area (Å²) in [6.07, 6.45) is 0. The SMILES string of the molecule is Cc1cc(C)c(-c2ccc3c(c2)c2c4c5c(c6c2n3B2c3ccccc3N(c3ccccc3)c3cccc-6c32)c2cc(-c3c(C)cccc3C)ccc2n5B2c3ccccc3N(c3ccccc3)c3cccc-4c32)c(C)c1. The molecule has 0 unspecified atom stereocenters. The summed E-state index contributed by atoms with van der Waals surface area (Å²) in [5, 5.41) is 5.21. The van der Waals surface area contributed by atoms with Crippen molar-refractivity contribution in [2.24, 2.45) is 0 Å². The van der Waals surface area contributed by atoms with Crippen molar-refractivity contribution in [2.75, 3.05) is 9.80 Å². The molecule has 0 fully saturated rings. The monoisotopic (exact) mass is 980 g/mol. The van der Waals surface area contributed by atoms with Crippen molar-refractivity contribution in [3.05, 3.63) is 240 Å². The van der Waals surface area contributed by atoms with Gasteiger partial charge in [0, 0.05) is 88.9 Å². The molecule has 4 nitrogen and oxygen atoms in total. The number of rotatable bonds is 4. The molecule has 0 saturated carbocycles. The smallest absolute Gasteiger partial charge is 0.333 e. The van der Waals surface area contributed by atoms with Gasteiger partial charge < -0.3 is 18.8 Å². The Bertz CT molecular complexity index is 4730. The highest BCUT2D eigenvalue weighted by molar-refractivity contribution is 6.91. The Morgan fingerprint density at radius 1 is 0.325 bits per heavy atom. The first-order valence-corrected chi connectivity index (χ1v) is 27.2. The maximum absolute atomic E-state index is 2.78. The number of hydrogen-bond donors (Lipinski definition) is 0. The van der Waals surface area contributed by atoms with Crippen LogP contribution in [0.25, 0.3) is 88.1 Å². The van der Waals surface area contributed by atoms with Crippen LogP contribution in [0.2, 0.25) is 0 Å². The maximum Gasteiger partial charge on any atom is 0.333 e. The molecule has 0 saturated heterocycles. The lowest BCUT2D eigenvalue weighted by molar-refractivity contribution is 1.25. The van der Waals surface area contributed by atoms with E-state index < -0.39 is 0 Å². The van der Waals surface area contributed by atoms with Crippen LogP contribution in [0, 0.1) is 34.6 Å². The molecule has 77 heavy (non-hydrogen) atoms. The zero-order valence-corrected chi connectivity index (χ0v) is 43.7. The van der Waals surface area contributed by atoms with Gasteiger partial charge in [-0.1, -0.05) is 145 Å². The summed E-state index contributed by atoms with van der Waals surface area (Å²) in [7, 11) is 0. The minimum atomic E-state index is -0.0942. The zero-order chi connectivity index (χ0) is 51.1. The molecule has 17 rings (SSSR count). The largest absolute Gasteiger partial charge is 0.375 e. The molecule has 4 aliphatic heterocycles. The molecule has 0 atom stereocenters.